The van der Waals surface area contributed by atoms with E-state index in [1.54, 1.807) is 24.3 Å². The standard InChI is InChI=1S/C22H15ClFN3O2S/c1-12-6-9-19-18(10-12)25-21(29-19)13-7-8-15(23)17(11-13)26-22(30)27-20(28)14-4-2-3-5-16(14)24/h2-11H,1H3,(H2,26,27,28,30). The zero-order valence-electron chi connectivity index (χ0n) is 15.7. The number of halogens is 2. The molecule has 4 rings (SSSR count). The van der Waals surface area contributed by atoms with Gasteiger partial charge in [0, 0.05) is 5.56 Å². The van der Waals surface area contributed by atoms with Crippen LogP contribution in [0.1, 0.15) is 15.9 Å². The summed E-state index contributed by atoms with van der Waals surface area (Å²) >= 11 is 11.4. The lowest BCUT2D eigenvalue weighted by molar-refractivity contribution is 0.0974. The van der Waals surface area contributed by atoms with Crippen molar-refractivity contribution in [3.05, 3.63) is 82.6 Å². The molecule has 1 aromatic heterocycles. The molecule has 0 atom stereocenters. The fourth-order valence-electron chi connectivity index (χ4n) is 2.88. The minimum absolute atomic E-state index is 0.0181. The van der Waals surface area contributed by atoms with Gasteiger partial charge in [-0.2, -0.15) is 0 Å². The van der Waals surface area contributed by atoms with Gasteiger partial charge in [-0.05, 0) is 67.2 Å². The summed E-state index contributed by atoms with van der Waals surface area (Å²) in [6.45, 7) is 1.98. The summed E-state index contributed by atoms with van der Waals surface area (Å²) in [7, 11) is 0. The van der Waals surface area contributed by atoms with Crippen molar-refractivity contribution < 1.29 is 13.6 Å². The van der Waals surface area contributed by atoms with Gasteiger partial charge < -0.3 is 9.73 Å². The molecule has 0 spiro atoms. The molecule has 0 aliphatic carbocycles. The molecule has 0 fully saturated rings. The highest BCUT2D eigenvalue weighted by Gasteiger charge is 2.15. The number of fused-ring (bicyclic) bond motifs is 1. The van der Waals surface area contributed by atoms with Crippen molar-refractivity contribution >= 4 is 51.6 Å². The molecule has 0 saturated carbocycles. The fourth-order valence-corrected chi connectivity index (χ4v) is 3.25. The number of benzene rings is 3. The summed E-state index contributed by atoms with van der Waals surface area (Å²) in [4.78, 5) is 16.7. The Labute approximate surface area is 181 Å². The van der Waals surface area contributed by atoms with E-state index in [1.165, 1.54) is 18.2 Å². The Bertz CT molecular complexity index is 1290. The lowest BCUT2D eigenvalue weighted by Gasteiger charge is -2.12. The van der Waals surface area contributed by atoms with E-state index in [9.17, 15) is 9.18 Å². The van der Waals surface area contributed by atoms with E-state index >= 15 is 0 Å². The third-order valence-electron chi connectivity index (χ3n) is 4.35. The number of hydrogen-bond acceptors (Lipinski definition) is 4. The Morgan fingerprint density at radius 1 is 1.13 bits per heavy atom. The zero-order valence-corrected chi connectivity index (χ0v) is 17.3. The van der Waals surface area contributed by atoms with E-state index in [4.69, 9.17) is 28.2 Å². The number of oxazole rings is 1. The van der Waals surface area contributed by atoms with Crippen molar-refractivity contribution in [2.45, 2.75) is 6.92 Å². The minimum Gasteiger partial charge on any atom is -0.436 e. The van der Waals surface area contributed by atoms with Crippen molar-refractivity contribution in [2.75, 3.05) is 5.32 Å². The lowest BCUT2D eigenvalue weighted by atomic mass is 10.2. The van der Waals surface area contributed by atoms with Crippen molar-refractivity contribution in [1.82, 2.24) is 10.3 Å². The summed E-state index contributed by atoms with van der Waals surface area (Å²) in [6, 6.07) is 16.5. The van der Waals surface area contributed by atoms with E-state index in [0.29, 0.717) is 27.7 Å². The van der Waals surface area contributed by atoms with E-state index < -0.39 is 11.7 Å². The minimum atomic E-state index is -0.660. The molecule has 2 N–H and O–H groups in total. The van der Waals surface area contributed by atoms with Gasteiger partial charge in [0.1, 0.15) is 11.3 Å². The quantitative estimate of drug-likeness (QED) is 0.399. The first-order valence-corrected chi connectivity index (χ1v) is 9.73. The number of aromatic nitrogens is 1. The number of anilines is 1. The highest BCUT2D eigenvalue weighted by Crippen LogP contribution is 2.30. The second-order valence-electron chi connectivity index (χ2n) is 6.57. The number of hydrogen-bond donors (Lipinski definition) is 2. The maximum Gasteiger partial charge on any atom is 0.260 e. The van der Waals surface area contributed by atoms with Crippen LogP contribution >= 0.6 is 23.8 Å². The van der Waals surface area contributed by atoms with Gasteiger partial charge in [0.25, 0.3) is 5.91 Å². The molecule has 0 radical (unpaired) electrons. The maximum absolute atomic E-state index is 13.8. The maximum atomic E-state index is 13.8. The van der Waals surface area contributed by atoms with E-state index in [2.05, 4.69) is 15.6 Å². The van der Waals surface area contributed by atoms with Crippen LogP contribution in [0.5, 0.6) is 0 Å². The summed E-state index contributed by atoms with van der Waals surface area (Å²) in [5.41, 5.74) is 3.53. The molecule has 30 heavy (non-hydrogen) atoms. The third-order valence-corrected chi connectivity index (χ3v) is 4.88. The van der Waals surface area contributed by atoms with Gasteiger partial charge in [0.2, 0.25) is 5.89 Å². The molecule has 1 heterocycles. The van der Waals surface area contributed by atoms with Gasteiger partial charge in [-0.1, -0.05) is 29.8 Å². The average molecular weight is 440 g/mol. The second-order valence-corrected chi connectivity index (χ2v) is 7.39. The van der Waals surface area contributed by atoms with Crippen molar-refractivity contribution in [2.24, 2.45) is 0 Å². The Morgan fingerprint density at radius 3 is 2.73 bits per heavy atom. The number of amides is 1. The smallest absolute Gasteiger partial charge is 0.260 e. The highest BCUT2D eigenvalue weighted by atomic mass is 35.5. The monoisotopic (exact) mass is 439 g/mol. The predicted molar refractivity (Wildman–Crippen MR) is 119 cm³/mol. The summed E-state index contributed by atoms with van der Waals surface area (Å²) in [5, 5.41) is 5.67. The molecule has 0 unspecified atom stereocenters. The molecular formula is C22H15ClFN3O2S. The zero-order chi connectivity index (χ0) is 21.3. The van der Waals surface area contributed by atoms with Crippen LogP contribution < -0.4 is 10.6 Å². The van der Waals surface area contributed by atoms with Gasteiger partial charge in [-0.25, -0.2) is 9.37 Å². The normalized spacial score (nSPS) is 10.8. The molecule has 150 valence electrons. The van der Waals surface area contributed by atoms with Gasteiger partial charge in [-0.3, -0.25) is 10.1 Å². The van der Waals surface area contributed by atoms with E-state index in [-0.39, 0.29) is 10.7 Å². The van der Waals surface area contributed by atoms with Crippen molar-refractivity contribution in [3.63, 3.8) is 0 Å². The Morgan fingerprint density at radius 2 is 1.93 bits per heavy atom. The number of thiocarbonyl (C=S) groups is 1. The fraction of sp³-hybridized carbons (Fsp3) is 0.0455. The van der Waals surface area contributed by atoms with Crippen LogP contribution in [0.15, 0.2) is 65.1 Å². The van der Waals surface area contributed by atoms with Crippen LogP contribution in [-0.2, 0) is 0 Å². The van der Waals surface area contributed by atoms with Gasteiger partial charge in [0.05, 0.1) is 16.3 Å². The SMILES string of the molecule is Cc1ccc2oc(-c3ccc(Cl)c(NC(=S)NC(=O)c4ccccc4F)c3)nc2c1. The largest absolute Gasteiger partial charge is 0.436 e. The van der Waals surface area contributed by atoms with Gasteiger partial charge in [-0.15, -0.1) is 0 Å². The number of carbonyl (C=O) groups excluding carboxylic acids is 1. The first-order chi connectivity index (χ1) is 14.4. The number of nitrogens with zero attached hydrogens (tertiary/aromatic N) is 1. The van der Waals surface area contributed by atoms with Crippen molar-refractivity contribution in [3.8, 4) is 11.5 Å². The molecule has 0 aliphatic heterocycles. The molecule has 0 bridgehead atoms. The summed E-state index contributed by atoms with van der Waals surface area (Å²) in [5.74, 6) is -0.868. The molecular weight excluding hydrogens is 425 g/mol. The number of carbonyl (C=O) groups is 1. The lowest BCUT2D eigenvalue weighted by Crippen LogP contribution is -2.34. The van der Waals surface area contributed by atoms with Crippen molar-refractivity contribution in [1.29, 1.82) is 0 Å². The second kappa shape index (κ2) is 8.22. The average Bonchev–Trinajstić information content (AvgIpc) is 3.13. The molecule has 0 saturated heterocycles. The van der Waals surface area contributed by atoms with Crippen LogP contribution in [0.3, 0.4) is 0 Å². The highest BCUT2D eigenvalue weighted by molar-refractivity contribution is 7.80. The third kappa shape index (κ3) is 4.17. The molecule has 8 heteroatoms. The first-order valence-electron chi connectivity index (χ1n) is 8.95. The molecule has 0 aliphatic rings. The van der Waals surface area contributed by atoms with E-state index in [1.807, 2.05) is 25.1 Å². The van der Waals surface area contributed by atoms with Crippen LogP contribution in [0.2, 0.25) is 5.02 Å². The predicted octanol–water partition coefficient (Wildman–Crippen LogP) is 5.72. The first kappa shape index (κ1) is 20.0. The van der Waals surface area contributed by atoms with E-state index in [0.717, 1.165) is 11.1 Å². The molecule has 5 nitrogen and oxygen atoms in total. The van der Waals surface area contributed by atoms with Gasteiger partial charge >= 0.3 is 0 Å². The van der Waals surface area contributed by atoms with Gasteiger partial charge in [0.15, 0.2) is 10.7 Å². The van der Waals surface area contributed by atoms with Crippen LogP contribution in [-0.4, -0.2) is 16.0 Å². The Hall–Kier alpha value is -3.29. The molecule has 1 amide bonds. The summed E-state index contributed by atoms with van der Waals surface area (Å²) in [6.07, 6.45) is 0. The van der Waals surface area contributed by atoms with Crippen LogP contribution in [0.4, 0.5) is 10.1 Å². The van der Waals surface area contributed by atoms with Crippen LogP contribution in [0.25, 0.3) is 22.6 Å². The number of aryl methyl sites for hydroxylation is 1. The Kier molecular flexibility index (Phi) is 5.48. The number of nitrogens with one attached hydrogen (secondary N) is 2. The Balaban J connectivity index is 1.55. The summed E-state index contributed by atoms with van der Waals surface area (Å²) < 4.78 is 19.6. The van der Waals surface area contributed by atoms with Crippen LogP contribution in [0, 0.1) is 12.7 Å². The number of rotatable bonds is 3. The molecule has 3 aromatic carbocycles. The molecule has 4 aromatic rings. The topological polar surface area (TPSA) is 67.2 Å².